The number of methoxy groups -OCH3 is 1. The third kappa shape index (κ3) is 5.36. The first kappa shape index (κ1) is 16.4. The second kappa shape index (κ2) is 8.44. The predicted molar refractivity (Wildman–Crippen MR) is 90.3 cm³/mol. The SMILES string of the molecule is COCCNCc1ccc(Sc2ccc(Cl)cc2)cc1C. The van der Waals surface area contributed by atoms with Crippen molar-refractivity contribution < 1.29 is 4.74 Å². The van der Waals surface area contributed by atoms with E-state index in [4.69, 9.17) is 16.3 Å². The topological polar surface area (TPSA) is 21.3 Å². The highest BCUT2D eigenvalue weighted by Gasteiger charge is 2.02. The molecule has 0 amide bonds. The van der Waals surface area contributed by atoms with Crippen LogP contribution in [-0.2, 0) is 11.3 Å². The molecule has 2 aromatic carbocycles. The number of halogens is 1. The van der Waals surface area contributed by atoms with E-state index in [1.807, 2.05) is 24.3 Å². The molecule has 0 fully saturated rings. The van der Waals surface area contributed by atoms with Gasteiger partial charge in [0.25, 0.3) is 0 Å². The van der Waals surface area contributed by atoms with E-state index in [-0.39, 0.29) is 0 Å². The molecular formula is C17H20ClNOS. The minimum absolute atomic E-state index is 0.740. The molecule has 0 saturated heterocycles. The molecule has 21 heavy (non-hydrogen) atoms. The molecule has 0 radical (unpaired) electrons. The van der Waals surface area contributed by atoms with Crippen molar-refractivity contribution in [3.8, 4) is 0 Å². The highest BCUT2D eigenvalue weighted by molar-refractivity contribution is 7.99. The van der Waals surface area contributed by atoms with Gasteiger partial charge < -0.3 is 10.1 Å². The van der Waals surface area contributed by atoms with Crippen LogP contribution in [0.1, 0.15) is 11.1 Å². The molecule has 0 aliphatic rings. The van der Waals surface area contributed by atoms with Crippen molar-refractivity contribution in [1.29, 1.82) is 0 Å². The van der Waals surface area contributed by atoms with Crippen molar-refractivity contribution in [1.82, 2.24) is 5.32 Å². The van der Waals surface area contributed by atoms with Gasteiger partial charge in [0.05, 0.1) is 6.61 Å². The highest BCUT2D eigenvalue weighted by Crippen LogP contribution is 2.29. The molecule has 0 heterocycles. The molecular weight excluding hydrogens is 302 g/mol. The van der Waals surface area contributed by atoms with Crippen LogP contribution in [0.4, 0.5) is 0 Å². The van der Waals surface area contributed by atoms with Gasteiger partial charge in [0, 0.05) is 35.0 Å². The van der Waals surface area contributed by atoms with Crippen molar-refractivity contribution in [3.63, 3.8) is 0 Å². The van der Waals surface area contributed by atoms with E-state index < -0.39 is 0 Å². The normalized spacial score (nSPS) is 10.8. The first-order chi connectivity index (χ1) is 10.2. The second-order valence-corrected chi connectivity index (χ2v) is 6.40. The standard InChI is InChI=1S/C17H20ClNOS/c1-13-11-17(21-16-7-4-15(18)5-8-16)6-3-14(13)12-19-9-10-20-2/h3-8,11,19H,9-10,12H2,1-2H3. The largest absolute Gasteiger partial charge is 0.383 e. The molecule has 0 unspecified atom stereocenters. The van der Waals surface area contributed by atoms with E-state index in [2.05, 4.69) is 30.4 Å². The van der Waals surface area contributed by atoms with Crippen molar-refractivity contribution in [2.24, 2.45) is 0 Å². The molecule has 0 aliphatic carbocycles. The maximum absolute atomic E-state index is 5.91. The van der Waals surface area contributed by atoms with Crippen molar-refractivity contribution in [2.75, 3.05) is 20.3 Å². The van der Waals surface area contributed by atoms with Crippen LogP contribution in [0.2, 0.25) is 5.02 Å². The number of aryl methyl sites for hydroxylation is 1. The number of nitrogens with one attached hydrogen (secondary N) is 1. The Morgan fingerprint density at radius 3 is 2.48 bits per heavy atom. The van der Waals surface area contributed by atoms with Crippen LogP contribution in [0.3, 0.4) is 0 Å². The van der Waals surface area contributed by atoms with Crippen molar-refractivity contribution >= 4 is 23.4 Å². The summed E-state index contributed by atoms with van der Waals surface area (Å²) in [5.41, 5.74) is 2.63. The molecule has 2 aromatic rings. The smallest absolute Gasteiger partial charge is 0.0587 e. The third-order valence-corrected chi connectivity index (χ3v) is 4.41. The Morgan fingerprint density at radius 2 is 1.81 bits per heavy atom. The molecule has 2 nitrogen and oxygen atoms in total. The van der Waals surface area contributed by atoms with Crippen LogP contribution in [0.25, 0.3) is 0 Å². The molecule has 4 heteroatoms. The van der Waals surface area contributed by atoms with Gasteiger partial charge in [0.2, 0.25) is 0 Å². The fourth-order valence-corrected chi connectivity index (χ4v) is 3.01. The second-order valence-electron chi connectivity index (χ2n) is 4.81. The summed E-state index contributed by atoms with van der Waals surface area (Å²) in [7, 11) is 1.72. The molecule has 0 saturated carbocycles. The Bertz CT molecular complexity index is 572. The van der Waals surface area contributed by atoms with Crippen LogP contribution >= 0.6 is 23.4 Å². The molecule has 0 aliphatic heterocycles. The van der Waals surface area contributed by atoms with Gasteiger partial charge in [0.15, 0.2) is 0 Å². The molecule has 0 bridgehead atoms. The maximum Gasteiger partial charge on any atom is 0.0587 e. The summed E-state index contributed by atoms with van der Waals surface area (Å²) in [5.74, 6) is 0. The maximum atomic E-state index is 5.91. The Kier molecular flexibility index (Phi) is 6.58. The van der Waals surface area contributed by atoms with E-state index in [1.165, 1.54) is 20.9 Å². The summed E-state index contributed by atoms with van der Waals surface area (Å²) >= 11 is 7.66. The Balaban J connectivity index is 1.96. The lowest BCUT2D eigenvalue weighted by Crippen LogP contribution is -2.19. The van der Waals surface area contributed by atoms with Crippen LogP contribution in [0, 0.1) is 6.92 Å². The molecule has 2 rings (SSSR count). The average molecular weight is 322 g/mol. The zero-order valence-corrected chi connectivity index (χ0v) is 13.9. The van der Waals surface area contributed by atoms with Gasteiger partial charge >= 0.3 is 0 Å². The molecule has 0 aromatic heterocycles. The van der Waals surface area contributed by atoms with E-state index in [0.717, 1.165) is 24.7 Å². The summed E-state index contributed by atoms with van der Waals surface area (Å²) in [4.78, 5) is 2.44. The van der Waals surface area contributed by atoms with Gasteiger partial charge in [-0.25, -0.2) is 0 Å². The predicted octanol–water partition coefficient (Wildman–Crippen LogP) is 4.54. The van der Waals surface area contributed by atoms with Crippen molar-refractivity contribution in [2.45, 2.75) is 23.3 Å². The van der Waals surface area contributed by atoms with Gasteiger partial charge in [-0.05, 0) is 54.4 Å². The van der Waals surface area contributed by atoms with Crippen LogP contribution < -0.4 is 5.32 Å². The van der Waals surface area contributed by atoms with E-state index in [0.29, 0.717) is 0 Å². The number of ether oxygens (including phenoxy) is 1. The Morgan fingerprint density at radius 1 is 1.10 bits per heavy atom. The van der Waals surface area contributed by atoms with Gasteiger partial charge in [-0.3, -0.25) is 0 Å². The van der Waals surface area contributed by atoms with E-state index in [9.17, 15) is 0 Å². The third-order valence-electron chi connectivity index (χ3n) is 3.16. The zero-order valence-electron chi connectivity index (χ0n) is 12.4. The van der Waals surface area contributed by atoms with E-state index >= 15 is 0 Å². The number of benzene rings is 2. The molecule has 112 valence electrons. The Labute approximate surface area is 135 Å². The number of rotatable bonds is 7. The molecule has 1 N–H and O–H groups in total. The van der Waals surface area contributed by atoms with Gasteiger partial charge in [0.1, 0.15) is 0 Å². The first-order valence-corrected chi connectivity index (χ1v) is 8.11. The average Bonchev–Trinajstić information content (AvgIpc) is 2.48. The highest BCUT2D eigenvalue weighted by atomic mass is 35.5. The monoisotopic (exact) mass is 321 g/mol. The minimum atomic E-state index is 0.740. The Hall–Kier alpha value is -1.00. The van der Waals surface area contributed by atoms with Crippen LogP contribution in [0.5, 0.6) is 0 Å². The lowest BCUT2D eigenvalue weighted by molar-refractivity contribution is 0.199. The summed E-state index contributed by atoms with van der Waals surface area (Å²) in [5, 5.41) is 4.14. The number of hydrogen-bond donors (Lipinski definition) is 1. The summed E-state index contributed by atoms with van der Waals surface area (Å²) in [6.45, 7) is 4.64. The number of hydrogen-bond acceptors (Lipinski definition) is 3. The van der Waals surface area contributed by atoms with Crippen LogP contribution in [-0.4, -0.2) is 20.3 Å². The summed E-state index contributed by atoms with van der Waals surface area (Å²) in [6, 6.07) is 14.5. The molecule has 0 spiro atoms. The van der Waals surface area contributed by atoms with E-state index in [1.54, 1.807) is 18.9 Å². The van der Waals surface area contributed by atoms with Gasteiger partial charge in [-0.2, -0.15) is 0 Å². The lowest BCUT2D eigenvalue weighted by atomic mass is 10.1. The fourth-order valence-electron chi connectivity index (χ4n) is 1.97. The summed E-state index contributed by atoms with van der Waals surface area (Å²) < 4.78 is 5.03. The van der Waals surface area contributed by atoms with Gasteiger partial charge in [-0.15, -0.1) is 0 Å². The van der Waals surface area contributed by atoms with Crippen molar-refractivity contribution in [3.05, 3.63) is 58.6 Å². The van der Waals surface area contributed by atoms with Crippen LogP contribution in [0.15, 0.2) is 52.3 Å². The zero-order chi connectivity index (χ0) is 15.1. The van der Waals surface area contributed by atoms with Gasteiger partial charge in [-0.1, -0.05) is 29.4 Å². The fraction of sp³-hybridized carbons (Fsp3) is 0.294. The lowest BCUT2D eigenvalue weighted by Gasteiger charge is -2.10. The molecule has 0 atom stereocenters. The quantitative estimate of drug-likeness (QED) is 0.757. The summed E-state index contributed by atoms with van der Waals surface area (Å²) in [6.07, 6.45) is 0. The minimum Gasteiger partial charge on any atom is -0.383 e. The first-order valence-electron chi connectivity index (χ1n) is 6.91.